The average molecular weight is 348 g/mol. The topological polar surface area (TPSA) is 53.2 Å². The van der Waals surface area contributed by atoms with E-state index < -0.39 is 0 Å². The van der Waals surface area contributed by atoms with Crippen LogP contribution in [-0.4, -0.2) is 24.4 Å². The summed E-state index contributed by atoms with van der Waals surface area (Å²) in [4.78, 5) is 0. The molecule has 142 valence electrons. The Hall–Kier alpha value is -0.590. The highest BCUT2D eigenvalue weighted by Crippen LogP contribution is 2.65. The van der Waals surface area contributed by atoms with Crippen LogP contribution < -0.4 is 0 Å². The number of rotatable bonds is 5. The summed E-state index contributed by atoms with van der Waals surface area (Å²) in [5.74, 6) is 2.17. The molecule has 8 atom stereocenters. The van der Waals surface area contributed by atoms with E-state index in [1.807, 2.05) is 7.11 Å². The van der Waals surface area contributed by atoms with E-state index in [0.29, 0.717) is 17.8 Å². The normalized spacial score (nSPS) is 47.6. The second-order valence-electron chi connectivity index (χ2n) is 9.69. The van der Waals surface area contributed by atoms with Crippen molar-refractivity contribution in [3.63, 3.8) is 0 Å². The largest absolute Gasteiger partial charge is 0.393 e. The third-order valence-corrected chi connectivity index (χ3v) is 8.50. The van der Waals surface area contributed by atoms with E-state index in [1.165, 1.54) is 25.7 Å². The van der Waals surface area contributed by atoms with Gasteiger partial charge < -0.3 is 9.84 Å². The van der Waals surface area contributed by atoms with Crippen LogP contribution in [0.25, 0.3) is 0 Å². The second-order valence-corrected chi connectivity index (χ2v) is 9.69. The fraction of sp³-hybridized carbons (Fsp3) is 0.955. The zero-order chi connectivity index (χ0) is 18.2. The number of hydrogen-bond donors (Lipinski definition) is 1. The summed E-state index contributed by atoms with van der Waals surface area (Å²) in [7, 11) is 1.87. The third kappa shape index (κ3) is 3.15. The van der Waals surface area contributed by atoms with Crippen LogP contribution in [0.1, 0.15) is 78.6 Å². The van der Waals surface area contributed by atoms with E-state index in [2.05, 4.69) is 26.8 Å². The molecule has 0 bridgehead atoms. The van der Waals surface area contributed by atoms with Gasteiger partial charge in [0.05, 0.1) is 24.2 Å². The lowest BCUT2D eigenvalue weighted by atomic mass is 9.47. The smallest absolute Gasteiger partial charge is 0.0661 e. The monoisotopic (exact) mass is 347 g/mol. The molecule has 0 amide bonds. The van der Waals surface area contributed by atoms with E-state index >= 15 is 0 Å². The van der Waals surface area contributed by atoms with Crippen molar-refractivity contribution in [2.75, 3.05) is 7.11 Å². The molecule has 0 heterocycles. The Labute approximate surface area is 154 Å². The molecule has 0 aromatic heterocycles. The molecule has 3 heteroatoms. The molecule has 0 aliphatic heterocycles. The van der Waals surface area contributed by atoms with Crippen LogP contribution in [0.15, 0.2) is 0 Å². The molecule has 3 aliphatic carbocycles. The van der Waals surface area contributed by atoms with Crippen LogP contribution in [0.3, 0.4) is 0 Å². The van der Waals surface area contributed by atoms with Gasteiger partial charge in [-0.15, -0.1) is 0 Å². The lowest BCUT2D eigenvalue weighted by molar-refractivity contribution is -0.152. The number of ether oxygens (including phenoxy) is 1. The van der Waals surface area contributed by atoms with Crippen LogP contribution >= 0.6 is 0 Å². The zero-order valence-electron chi connectivity index (χ0n) is 16.6. The van der Waals surface area contributed by atoms with Crippen molar-refractivity contribution in [2.24, 2.45) is 34.5 Å². The predicted octanol–water partition coefficient (Wildman–Crippen LogP) is 4.93. The van der Waals surface area contributed by atoms with Crippen molar-refractivity contribution in [3.05, 3.63) is 0 Å². The highest BCUT2D eigenvalue weighted by Gasteiger charge is 2.61. The third-order valence-electron chi connectivity index (χ3n) is 8.50. The number of nitriles is 1. The van der Waals surface area contributed by atoms with E-state index in [-0.39, 0.29) is 29.0 Å². The molecule has 0 aromatic carbocycles. The molecule has 8 unspecified atom stereocenters. The number of aliphatic hydroxyl groups excluding tert-OH is 1. The van der Waals surface area contributed by atoms with Crippen molar-refractivity contribution in [2.45, 2.75) is 90.8 Å². The second kappa shape index (κ2) is 7.20. The first kappa shape index (κ1) is 19.2. The molecule has 25 heavy (non-hydrogen) atoms. The molecule has 3 nitrogen and oxygen atoms in total. The first-order valence-corrected chi connectivity index (χ1v) is 10.5. The van der Waals surface area contributed by atoms with Crippen LogP contribution in [0.4, 0.5) is 0 Å². The summed E-state index contributed by atoms with van der Waals surface area (Å²) < 4.78 is 6.08. The van der Waals surface area contributed by atoms with Gasteiger partial charge in [-0.3, -0.25) is 0 Å². The van der Waals surface area contributed by atoms with Gasteiger partial charge in [-0.2, -0.15) is 5.26 Å². The SMILES string of the molecule is CCC(O)CCC1(C)CCCC2C1C(OC)CC1(C)C(C#N)CCC21. The Bertz CT molecular complexity index is 515. The van der Waals surface area contributed by atoms with Gasteiger partial charge in [-0.1, -0.05) is 27.2 Å². The molecular weight excluding hydrogens is 310 g/mol. The Morgan fingerprint density at radius 1 is 1.28 bits per heavy atom. The van der Waals surface area contributed by atoms with Crippen molar-refractivity contribution in [3.8, 4) is 6.07 Å². The van der Waals surface area contributed by atoms with Crippen molar-refractivity contribution >= 4 is 0 Å². The van der Waals surface area contributed by atoms with Gasteiger partial charge in [0.25, 0.3) is 0 Å². The maximum atomic E-state index is 10.1. The Kier molecular flexibility index (Phi) is 5.52. The highest BCUT2D eigenvalue weighted by atomic mass is 16.5. The molecule has 0 spiro atoms. The minimum absolute atomic E-state index is 0.137. The van der Waals surface area contributed by atoms with Gasteiger partial charge in [0.2, 0.25) is 0 Å². The van der Waals surface area contributed by atoms with Gasteiger partial charge in [0.15, 0.2) is 0 Å². The van der Waals surface area contributed by atoms with Crippen LogP contribution in [-0.2, 0) is 4.74 Å². The fourth-order valence-corrected chi connectivity index (χ4v) is 7.04. The number of aliphatic hydroxyl groups is 1. The van der Waals surface area contributed by atoms with Crippen LogP contribution in [0.5, 0.6) is 0 Å². The van der Waals surface area contributed by atoms with Gasteiger partial charge >= 0.3 is 0 Å². The maximum absolute atomic E-state index is 10.1. The summed E-state index contributed by atoms with van der Waals surface area (Å²) in [5, 5.41) is 19.8. The van der Waals surface area contributed by atoms with Crippen molar-refractivity contribution in [1.29, 1.82) is 5.26 Å². The predicted molar refractivity (Wildman–Crippen MR) is 99.8 cm³/mol. The van der Waals surface area contributed by atoms with Crippen molar-refractivity contribution in [1.82, 2.24) is 0 Å². The lowest BCUT2D eigenvalue weighted by Crippen LogP contribution is -2.55. The van der Waals surface area contributed by atoms with E-state index in [1.54, 1.807) is 0 Å². The van der Waals surface area contributed by atoms with E-state index in [0.717, 1.165) is 32.1 Å². The summed E-state index contributed by atoms with van der Waals surface area (Å²) in [6, 6.07) is 2.62. The average Bonchev–Trinajstić information content (AvgIpc) is 2.95. The van der Waals surface area contributed by atoms with E-state index in [4.69, 9.17) is 4.74 Å². The molecule has 0 aromatic rings. The first-order chi connectivity index (χ1) is 11.9. The molecule has 3 fully saturated rings. The van der Waals surface area contributed by atoms with Crippen LogP contribution in [0.2, 0.25) is 0 Å². The number of nitrogens with zero attached hydrogens (tertiary/aromatic N) is 1. The maximum Gasteiger partial charge on any atom is 0.0661 e. The first-order valence-electron chi connectivity index (χ1n) is 10.5. The van der Waals surface area contributed by atoms with Gasteiger partial charge in [0, 0.05) is 7.11 Å². The zero-order valence-corrected chi connectivity index (χ0v) is 16.6. The molecular formula is C22H37NO2. The number of hydrogen-bond acceptors (Lipinski definition) is 3. The highest BCUT2D eigenvalue weighted by molar-refractivity contribution is 5.13. The molecule has 1 N–H and O–H groups in total. The fourth-order valence-electron chi connectivity index (χ4n) is 7.04. The Morgan fingerprint density at radius 2 is 2.04 bits per heavy atom. The molecule has 0 saturated heterocycles. The van der Waals surface area contributed by atoms with Gasteiger partial charge in [-0.25, -0.2) is 0 Å². The molecule has 3 rings (SSSR count). The summed E-state index contributed by atoms with van der Waals surface area (Å²) in [6.45, 7) is 6.90. The summed E-state index contributed by atoms with van der Waals surface area (Å²) in [6.07, 6.45) is 10.2. The summed E-state index contributed by atoms with van der Waals surface area (Å²) in [5.41, 5.74) is 0.406. The Morgan fingerprint density at radius 3 is 2.68 bits per heavy atom. The number of fused-ring (bicyclic) bond motifs is 3. The molecule has 0 radical (unpaired) electrons. The molecule has 3 aliphatic rings. The van der Waals surface area contributed by atoms with Gasteiger partial charge in [-0.05, 0) is 80.0 Å². The van der Waals surface area contributed by atoms with Crippen molar-refractivity contribution < 1.29 is 9.84 Å². The molecule has 3 saturated carbocycles. The minimum atomic E-state index is -0.165. The Balaban J connectivity index is 1.87. The quantitative estimate of drug-likeness (QED) is 0.767. The standard InChI is InChI=1S/C22H37NO2/c1-5-16(24)10-12-21(2)11-6-7-17-18-9-8-15(14-23)22(18,3)13-19(25-4)20(17)21/h15-20,24H,5-13H2,1-4H3. The van der Waals surface area contributed by atoms with E-state index in [9.17, 15) is 10.4 Å². The number of methoxy groups -OCH3 is 1. The summed E-state index contributed by atoms with van der Waals surface area (Å²) >= 11 is 0. The van der Waals surface area contributed by atoms with Gasteiger partial charge in [0.1, 0.15) is 0 Å². The lowest BCUT2D eigenvalue weighted by Gasteiger charge is -2.59. The van der Waals surface area contributed by atoms with Crippen LogP contribution in [0, 0.1) is 45.8 Å². The minimum Gasteiger partial charge on any atom is -0.393 e.